The molecule has 1 aromatic carbocycles. The van der Waals surface area contributed by atoms with Gasteiger partial charge in [0.05, 0.1) is 18.4 Å². The molecule has 2 aromatic rings. The molecule has 1 aromatic heterocycles. The fourth-order valence-electron chi connectivity index (χ4n) is 2.87. The maximum absolute atomic E-state index is 12.0. The number of aromatic nitrogens is 1. The normalized spacial score (nSPS) is 10.4. The summed E-state index contributed by atoms with van der Waals surface area (Å²) in [5.74, 6) is -0.556. The zero-order valence-corrected chi connectivity index (χ0v) is 14.9. The number of ether oxygens (including phenoxy) is 1. The van der Waals surface area contributed by atoms with Crippen LogP contribution in [-0.4, -0.2) is 17.6 Å². The molecule has 0 fully saturated rings. The van der Waals surface area contributed by atoms with Gasteiger partial charge in [-0.1, -0.05) is 44.7 Å². The number of benzene rings is 1. The standard InChI is InChI=1S/C20H25N3O2/c1-3-4-5-6-7-8-15-9-11-17(12-10-15)23-14-16(13-21)18(22)19(23)20(24)25-2/h9-12,14H,3-8,22H2,1-2H3. The van der Waals surface area contributed by atoms with Crippen LogP contribution in [0.4, 0.5) is 5.69 Å². The number of nitrogens with zero attached hydrogens (tertiary/aromatic N) is 2. The van der Waals surface area contributed by atoms with E-state index in [1.54, 1.807) is 10.8 Å². The number of nitriles is 1. The summed E-state index contributed by atoms with van der Waals surface area (Å²) in [6, 6.07) is 9.99. The number of carbonyl (C=O) groups is 1. The van der Waals surface area contributed by atoms with E-state index in [0.717, 1.165) is 12.1 Å². The summed E-state index contributed by atoms with van der Waals surface area (Å²) in [7, 11) is 1.30. The highest BCUT2D eigenvalue weighted by molar-refractivity contribution is 5.95. The number of hydrogen-bond donors (Lipinski definition) is 1. The number of nitrogen functional groups attached to an aromatic ring is 1. The minimum absolute atomic E-state index is 0.148. The molecule has 0 aliphatic rings. The third-order valence-electron chi connectivity index (χ3n) is 4.33. The molecule has 0 saturated carbocycles. The summed E-state index contributed by atoms with van der Waals surface area (Å²) >= 11 is 0. The fourth-order valence-corrected chi connectivity index (χ4v) is 2.87. The smallest absolute Gasteiger partial charge is 0.357 e. The van der Waals surface area contributed by atoms with E-state index in [2.05, 4.69) is 19.1 Å². The van der Waals surface area contributed by atoms with Gasteiger partial charge < -0.3 is 15.0 Å². The molecule has 25 heavy (non-hydrogen) atoms. The summed E-state index contributed by atoms with van der Waals surface area (Å²) in [6.07, 6.45) is 8.89. The average molecular weight is 339 g/mol. The lowest BCUT2D eigenvalue weighted by molar-refractivity contribution is 0.0593. The predicted octanol–water partition coefficient (Wildman–Crippen LogP) is 4.23. The first-order chi connectivity index (χ1) is 12.1. The number of nitrogens with two attached hydrogens (primary N) is 1. The largest absolute Gasteiger partial charge is 0.464 e. The summed E-state index contributed by atoms with van der Waals surface area (Å²) in [5.41, 5.74) is 8.56. The topological polar surface area (TPSA) is 81.0 Å². The van der Waals surface area contributed by atoms with E-state index in [1.165, 1.54) is 44.8 Å². The number of unbranched alkanes of at least 4 members (excludes halogenated alkanes) is 4. The van der Waals surface area contributed by atoms with Crippen LogP contribution in [0.2, 0.25) is 0 Å². The Bertz CT molecular complexity index is 754. The van der Waals surface area contributed by atoms with Crippen LogP contribution in [0.25, 0.3) is 5.69 Å². The molecule has 0 unspecified atom stereocenters. The zero-order valence-electron chi connectivity index (χ0n) is 14.9. The Balaban J connectivity index is 2.17. The molecule has 0 atom stereocenters. The van der Waals surface area contributed by atoms with Crippen molar-refractivity contribution in [1.29, 1.82) is 5.26 Å². The number of anilines is 1. The highest BCUT2D eigenvalue weighted by Gasteiger charge is 2.21. The van der Waals surface area contributed by atoms with Crippen molar-refractivity contribution in [2.75, 3.05) is 12.8 Å². The lowest BCUT2D eigenvalue weighted by Crippen LogP contribution is -2.11. The van der Waals surface area contributed by atoms with E-state index in [4.69, 9.17) is 15.7 Å². The molecule has 0 spiro atoms. The highest BCUT2D eigenvalue weighted by Crippen LogP contribution is 2.25. The lowest BCUT2D eigenvalue weighted by atomic mass is 10.1. The Kier molecular flexibility index (Phi) is 6.64. The molecule has 0 bridgehead atoms. The van der Waals surface area contributed by atoms with Crippen LogP contribution in [0.3, 0.4) is 0 Å². The molecule has 5 nitrogen and oxygen atoms in total. The lowest BCUT2D eigenvalue weighted by Gasteiger charge is -2.09. The van der Waals surface area contributed by atoms with Crippen LogP contribution < -0.4 is 5.73 Å². The van der Waals surface area contributed by atoms with Gasteiger partial charge in [-0.2, -0.15) is 5.26 Å². The summed E-state index contributed by atoms with van der Waals surface area (Å²) in [6.45, 7) is 2.22. The Morgan fingerprint density at radius 2 is 1.88 bits per heavy atom. The number of aryl methyl sites for hydroxylation is 1. The zero-order chi connectivity index (χ0) is 18.2. The molecule has 0 amide bonds. The van der Waals surface area contributed by atoms with Crippen LogP contribution in [0.5, 0.6) is 0 Å². The number of esters is 1. The van der Waals surface area contributed by atoms with Crippen LogP contribution >= 0.6 is 0 Å². The van der Waals surface area contributed by atoms with Crippen molar-refractivity contribution in [3.63, 3.8) is 0 Å². The Morgan fingerprint density at radius 3 is 2.48 bits per heavy atom. The van der Waals surface area contributed by atoms with Crippen LogP contribution in [0, 0.1) is 11.3 Å². The van der Waals surface area contributed by atoms with Crippen LogP contribution in [0.1, 0.15) is 60.6 Å². The van der Waals surface area contributed by atoms with Crippen LogP contribution in [-0.2, 0) is 11.2 Å². The predicted molar refractivity (Wildman–Crippen MR) is 98.7 cm³/mol. The van der Waals surface area contributed by atoms with Gasteiger partial charge in [0.15, 0.2) is 5.69 Å². The van der Waals surface area contributed by atoms with E-state index >= 15 is 0 Å². The molecule has 0 aliphatic heterocycles. The maximum Gasteiger partial charge on any atom is 0.357 e. The first-order valence-corrected chi connectivity index (χ1v) is 8.70. The number of methoxy groups -OCH3 is 1. The second kappa shape index (κ2) is 8.93. The van der Waals surface area contributed by atoms with Gasteiger partial charge in [0.1, 0.15) is 6.07 Å². The first kappa shape index (κ1) is 18.6. The van der Waals surface area contributed by atoms with Gasteiger partial charge in [-0.15, -0.1) is 0 Å². The molecule has 5 heteroatoms. The van der Waals surface area contributed by atoms with E-state index in [9.17, 15) is 4.79 Å². The van der Waals surface area contributed by atoms with Crippen molar-refractivity contribution in [3.8, 4) is 11.8 Å². The summed E-state index contributed by atoms with van der Waals surface area (Å²) in [5, 5.41) is 9.16. The third kappa shape index (κ3) is 4.42. The Morgan fingerprint density at radius 1 is 1.20 bits per heavy atom. The first-order valence-electron chi connectivity index (χ1n) is 8.70. The van der Waals surface area contributed by atoms with Crippen LogP contribution in [0.15, 0.2) is 30.5 Å². The van der Waals surface area contributed by atoms with Crippen molar-refractivity contribution >= 4 is 11.7 Å². The average Bonchev–Trinajstić information content (AvgIpc) is 2.98. The number of hydrogen-bond acceptors (Lipinski definition) is 4. The Hall–Kier alpha value is -2.74. The Labute approximate surface area is 149 Å². The second-order valence-corrected chi connectivity index (χ2v) is 6.11. The summed E-state index contributed by atoms with van der Waals surface area (Å²) < 4.78 is 6.41. The molecule has 2 N–H and O–H groups in total. The van der Waals surface area contributed by atoms with Crippen molar-refractivity contribution in [2.45, 2.75) is 45.4 Å². The molecule has 132 valence electrons. The molecule has 2 rings (SSSR count). The van der Waals surface area contributed by atoms with Gasteiger partial charge >= 0.3 is 5.97 Å². The van der Waals surface area contributed by atoms with Gasteiger partial charge in [-0.3, -0.25) is 0 Å². The monoisotopic (exact) mass is 339 g/mol. The molecule has 0 saturated heterocycles. The van der Waals surface area contributed by atoms with E-state index in [0.29, 0.717) is 0 Å². The molecule has 0 aliphatic carbocycles. The molecule has 1 heterocycles. The van der Waals surface area contributed by atoms with Crippen molar-refractivity contribution in [1.82, 2.24) is 4.57 Å². The fraction of sp³-hybridized carbons (Fsp3) is 0.400. The minimum atomic E-state index is -0.556. The van der Waals surface area contributed by atoms with E-state index in [-0.39, 0.29) is 16.9 Å². The molecular weight excluding hydrogens is 314 g/mol. The molecular formula is C20H25N3O2. The van der Waals surface area contributed by atoms with Gasteiger partial charge in [0.25, 0.3) is 0 Å². The highest BCUT2D eigenvalue weighted by atomic mass is 16.5. The SMILES string of the molecule is CCCCCCCc1ccc(-n2cc(C#N)c(N)c2C(=O)OC)cc1. The van der Waals surface area contributed by atoms with Gasteiger partial charge in [-0.05, 0) is 30.5 Å². The van der Waals surface area contributed by atoms with E-state index < -0.39 is 5.97 Å². The minimum Gasteiger partial charge on any atom is -0.464 e. The third-order valence-corrected chi connectivity index (χ3v) is 4.33. The van der Waals surface area contributed by atoms with Crippen molar-refractivity contribution in [2.24, 2.45) is 0 Å². The summed E-state index contributed by atoms with van der Waals surface area (Å²) in [4.78, 5) is 12.0. The van der Waals surface area contributed by atoms with Crippen molar-refractivity contribution < 1.29 is 9.53 Å². The molecule has 0 radical (unpaired) electrons. The van der Waals surface area contributed by atoms with Crippen molar-refractivity contribution in [3.05, 3.63) is 47.3 Å². The van der Waals surface area contributed by atoms with Gasteiger partial charge in [0, 0.05) is 11.9 Å². The number of carbonyl (C=O) groups excluding carboxylic acids is 1. The maximum atomic E-state index is 12.0. The number of rotatable bonds is 8. The van der Waals surface area contributed by atoms with E-state index in [1.807, 2.05) is 18.2 Å². The quantitative estimate of drug-likeness (QED) is 0.576. The van der Waals surface area contributed by atoms with Gasteiger partial charge in [-0.25, -0.2) is 4.79 Å². The second-order valence-electron chi connectivity index (χ2n) is 6.11. The van der Waals surface area contributed by atoms with Gasteiger partial charge in [0.2, 0.25) is 0 Å².